The predicted molar refractivity (Wildman–Crippen MR) is 99.5 cm³/mol. The molecule has 4 aromatic rings. The van der Waals surface area contributed by atoms with Gasteiger partial charge in [0.15, 0.2) is 0 Å². The molecule has 25 heavy (non-hydrogen) atoms. The number of oxime groups is 2. The maximum atomic E-state index is 9.03. The Morgan fingerprint density at radius 2 is 1.16 bits per heavy atom. The Bertz CT molecular complexity index is 1020. The van der Waals surface area contributed by atoms with E-state index in [9.17, 15) is 0 Å². The van der Waals surface area contributed by atoms with E-state index in [1.54, 1.807) is 0 Å². The Labute approximate surface area is 146 Å². The van der Waals surface area contributed by atoms with Crippen molar-refractivity contribution in [1.29, 1.82) is 0 Å². The van der Waals surface area contributed by atoms with Crippen molar-refractivity contribution < 1.29 is 10.4 Å². The van der Waals surface area contributed by atoms with Crippen molar-refractivity contribution in [2.24, 2.45) is 10.3 Å². The fraction of sp³-hybridized carbons (Fsp3) is 0. The Morgan fingerprint density at radius 1 is 0.720 bits per heavy atom. The molecule has 0 fully saturated rings. The second-order valence-corrected chi connectivity index (χ2v) is 6.44. The van der Waals surface area contributed by atoms with Gasteiger partial charge in [-0.15, -0.1) is 0 Å². The number of nitrogens with one attached hydrogen (secondary N) is 2. The lowest BCUT2D eigenvalue weighted by Gasteiger charge is -2.00. The third kappa shape index (κ3) is 2.64. The Balaban J connectivity index is 1.88. The summed E-state index contributed by atoms with van der Waals surface area (Å²) in [5, 5.41) is 28.0. The lowest BCUT2D eigenvalue weighted by molar-refractivity contribution is 0.321. The standard InChI is InChI=1S/C18H14N4O2S/c23-19-9-13-11-5-1-3-7-15(11)21-17(13)25-18-14(10-20-24)12-6-2-4-8-16(12)22-18/h1-10,21-24H/b19-9+,20-10+. The molecule has 0 aliphatic heterocycles. The molecule has 0 unspecified atom stereocenters. The van der Waals surface area contributed by atoms with Gasteiger partial charge >= 0.3 is 0 Å². The van der Waals surface area contributed by atoms with Crippen LogP contribution in [0.4, 0.5) is 0 Å². The van der Waals surface area contributed by atoms with E-state index in [-0.39, 0.29) is 0 Å². The van der Waals surface area contributed by atoms with Crippen molar-refractivity contribution in [1.82, 2.24) is 9.97 Å². The van der Waals surface area contributed by atoms with Crippen molar-refractivity contribution in [2.45, 2.75) is 10.1 Å². The summed E-state index contributed by atoms with van der Waals surface area (Å²) in [6.45, 7) is 0. The van der Waals surface area contributed by atoms with Gasteiger partial charge in [0, 0.05) is 32.9 Å². The number of benzene rings is 2. The zero-order valence-electron chi connectivity index (χ0n) is 13.0. The number of aromatic nitrogens is 2. The minimum absolute atomic E-state index is 0.800. The van der Waals surface area contributed by atoms with Gasteiger partial charge in [-0.3, -0.25) is 0 Å². The molecule has 0 radical (unpaired) electrons. The molecule has 0 saturated heterocycles. The number of nitrogens with zero attached hydrogens (tertiary/aromatic N) is 2. The third-order valence-electron chi connectivity index (χ3n) is 4.00. The smallest absolute Gasteiger partial charge is 0.0885 e. The van der Waals surface area contributed by atoms with Gasteiger partial charge in [0.2, 0.25) is 0 Å². The van der Waals surface area contributed by atoms with Crippen LogP contribution >= 0.6 is 11.8 Å². The highest BCUT2D eigenvalue weighted by atomic mass is 32.2. The summed E-state index contributed by atoms with van der Waals surface area (Å²) in [5.41, 5.74) is 3.50. The van der Waals surface area contributed by atoms with Crippen LogP contribution in [0.5, 0.6) is 0 Å². The summed E-state index contributed by atoms with van der Waals surface area (Å²) >= 11 is 1.46. The summed E-state index contributed by atoms with van der Waals surface area (Å²) in [6.07, 6.45) is 2.84. The Morgan fingerprint density at radius 3 is 1.60 bits per heavy atom. The van der Waals surface area contributed by atoms with E-state index in [0.29, 0.717) is 0 Å². The average Bonchev–Trinajstić information content (AvgIpc) is 3.15. The van der Waals surface area contributed by atoms with Gasteiger partial charge in [0.1, 0.15) is 0 Å². The van der Waals surface area contributed by atoms with E-state index in [2.05, 4.69) is 20.3 Å². The lowest BCUT2D eigenvalue weighted by atomic mass is 10.2. The van der Waals surface area contributed by atoms with Gasteiger partial charge in [0.05, 0.1) is 22.5 Å². The first-order valence-corrected chi connectivity index (χ1v) is 8.37. The van der Waals surface area contributed by atoms with E-state index in [1.165, 1.54) is 24.2 Å². The number of rotatable bonds is 4. The van der Waals surface area contributed by atoms with Crippen molar-refractivity contribution in [3.05, 3.63) is 59.7 Å². The summed E-state index contributed by atoms with van der Waals surface area (Å²) in [4.78, 5) is 6.69. The highest BCUT2D eigenvalue weighted by Gasteiger charge is 2.16. The summed E-state index contributed by atoms with van der Waals surface area (Å²) < 4.78 is 0. The molecular weight excluding hydrogens is 336 g/mol. The minimum atomic E-state index is 0.800. The summed E-state index contributed by atoms with van der Waals surface area (Å²) in [5.74, 6) is 0. The first-order valence-electron chi connectivity index (χ1n) is 7.56. The summed E-state index contributed by atoms with van der Waals surface area (Å²) in [6, 6.07) is 15.6. The van der Waals surface area contributed by atoms with Crippen LogP contribution in [0.2, 0.25) is 0 Å². The molecule has 0 bridgehead atoms. The first-order chi connectivity index (χ1) is 12.3. The number of aromatic amines is 2. The van der Waals surface area contributed by atoms with Gasteiger partial charge in [-0.2, -0.15) is 0 Å². The molecule has 2 aromatic heterocycles. The molecule has 124 valence electrons. The number of fused-ring (bicyclic) bond motifs is 2. The van der Waals surface area contributed by atoms with E-state index >= 15 is 0 Å². The number of hydrogen-bond donors (Lipinski definition) is 4. The molecular formula is C18H14N4O2S. The van der Waals surface area contributed by atoms with E-state index in [1.807, 2.05) is 48.5 Å². The lowest BCUT2D eigenvalue weighted by Crippen LogP contribution is -1.86. The van der Waals surface area contributed by atoms with Crippen molar-refractivity contribution in [3.63, 3.8) is 0 Å². The summed E-state index contributed by atoms with van der Waals surface area (Å²) in [7, 11) is 0. The number of para-hydroxylation sites is 2. The molecule has 0 aliphatic rings. The highest BCUT2D eigenvalue weighted by molar-refractivity contribution is 7.99. The largest absolute Gasteiger partial charge is 0.411 e. The molecule has 7 heteroatoms. The van der Waals surface area contributed by atoms with Crippen molar-refractivity contribution in [3.8, 4) is 0 Å². The maximum absolute atomic E-state index is 9.03. The average molecular weight is 350 g/mol. The number of H-pyrrole nitrogens is 2. The van der Waals surface area contributed by atoms with Crippen LogP contribution in [0.1, 0.15) is 11.1 Å². The highest BCUT2D eigenvalue weighted by Crippen LogP contribution is 2.36. The van der Waals surface area contributed by atoms with E-state index in [0.717, 1.165) is 43.0 Å². The van der Waals surface area contributed by atoms with Crippen LogP contribution < -0.4 is 0 Å². The fourth-order valence-electron chi connectivity index (χ4n) is 2.91. The van der Waals surface area contributed by atoms with Crippen LogP contribution in [0.25, 0.3) is 21.8 Å². The van der Waals surface area contributed by atoms with E-state index < -0.39 is 0 Å². The number of hydrogen-bond acceptors (Lipinski definition) is 5. The molecule has 4 rings (SSSR count). The monoisotopic (exact) mass is 350 g/mol. The van der Waals surface area contributed by atoms with Gasteiger partial charge in [-0.05, 0) is 12.1 Å². The second-order valence-electron chi connectivity index (χ2n) is 5.42. The van der Waals surface area contributed by atoms with Crippen molar-refractivity contribution in [2.75, 3.05) is 0 Å². The molecule has 0 saturated carbocycles. The normalized spacial score (nSPS) is 12.2. The van der Waals surface area contributed by atoms with Gasteiger partial charge in [-0.25, -0.2) is 0 Å². The zero-order valence-corrected chi connectivity index (χ0v) is 13.8. The van der Waals surface area contributed by atoms with Gasteiger partial charge < -0.3 is 20.4 Å². The molecule has 2 aromatic carbocycles. The SMILES string of the molecule is O/N=C/c1c(Sc2[nH]c3ccccc3c2/C=N/O)[nH]c2ccccc12. The zero-order chi connectivity index (χ0) is 17.2. The van der Waals surface area contributed by atoms with Crippen LogP contribution in [-0.4, -0.2) is 32.8 Å². The molecule has 2 heterocycles. The molecule has 6 nitrogen and oxygen atoms in total. The molecule has 4 N–H and O–H groups in total. The van der Waals surface area contributed by atoms with E-state index in [4.69, 9.17) is 10.4 Å². The van der Waals surface area contributed by atoms with Gasteiger partial charge in [0.25, 0.3) is 0 Å². The topological polar surface area (TPSA) is 96.8 Å². The second kappa shape index (κ2) is 6.37. The quantitative estimate of drug-likeness (QED) is 0.249. The third-order valence-corrected chi connectivity index (χ3v) is 5.05. The van der Waals surface area contributed by atoms with Crippen molar-refractivity contribution >= 4 is 46.0 Å². The molecule has 0 aliphatic carbocycles. The molecule has 0 amide bonds. The predicted octanol–water partition coefficient (Wildman–Crippen LogP) is 4.42. The maximum Gasteiger partial charge on any atom is 0.0885 e. The fourth-order valence-corrected chi connectivity index (χ4v) is 3.98. The van der Waals surface area contributed by atoms with Crippen LogP contribution in [0.3, 0.4) is 0 Å². The van der Waals surface area contributed by atoms with Crippen LogP contribution in [-0.2, 0) is 0 Å². The Hall–Kier alpha value is -3.19. The first kappa shape index (κ1) is 15.3. The van der Waals surface area contributed by atoms with Crippen LogP contribution in [0, 0.1) is 0 Å². The van der Waals surface area contributed by atoms with Gasteiger partial charge in [-0.1, -0.05) is 58.5 Å². The molecule has 0 spiro atoms. The minimum Gasteiger partial charge on any atom is -0.411 e. The molecule has 0 atom stereocenters. The van der Waals surface area contributed by atoms with Crippen LogP contribution in [0.15, 0.2) is 68.9 Å². The Kier molecular flexibility index (Phi) is 3.91.